The molecule has 1 aromatic rings. The third-order valence-electron chi connectivity index (χ3n) is 2.60. The second kappa shape index (κ2) is 5.45. The van der Waals surface area contributed by atoms with Gasteiger partial charge in [-0.3, -0.25) is 0 Å². The number of rotatable bonds is 4. The predicted molar refractivity (Wildman–Crippen MR) is 59.2 cm³/mol. The van der Waals surface area contributed by atoms with E-state index in [2.05, 4.69) is 0 Å². The minimum atomic E-state index is -0.454. The van der Waals surface area contributed by atoms with Crippen molar-refractivity contribution in [1.82, 2.24) is 0 Å². The summed E-state index contributed by atoms with van der Waals surface area (Å²) in [5.41, 5.74) is 6.69. The van der Waals surface area contributed by atoms with Gasteiger partial charge in [-0.05, 0) is 24.1 Å². The number of aliphatic hydroxyl groups is 1. The SMILES string of the molecule is CCC(CO)C(N)c1ccc(F)c(Cl)c1. The predicted octanol–water partition coefficient (Wildman–Crippen LogP) is 2.50. The first-order valence-corrected chi connectivity index (χ1v) is 5.29. The molecule has 2 nitrogen and oxygen atoms in total. The lowest BCUT2D eigenvalue weighted by molar-refractivity contribution is 0.200. The van der Waals surface area contributed by atoms with E-state index in [0.29, 0.717) is 0 Å². The van der Waals surface area contributed by atoms with Crippen LogP contribution in [0.4, 0.5) is 4.39 Å². The maximum atomic E-state index is 12.9. The molecule has 1 rings (SSSR count). The molecular weight excluding hydrogens is 217 g/mol. The minimum Gasteiger partial charge on any atom is -0.396 e. The average molecular weight is 232 g/mol. The molecule has 2 atom stereocenters. The molecule has 0 bridgehead atoms. The fourth-order valence-electron chi connectivity index (χ4n) is 1.49. The van der Waals surface area contributed by atoms with E-state index in [1.54, 1.807) is 6.07 Å². The molecule has 2 unspecified atom stereocenters. The van der Waals surface area contributed by atoms with Crippen LogP contribution in [0, 0.1) is 11.7 Å². The van der Waals surface area contributed by atoms with Gasteiger partial charge in [0.15, 0.2) is 0 Å². The molecule has 0 fully saturated rings. The molecule has 0 heterocycles. The van der Waals surface area contributed by atoms with Gasteiger partial charge in [0.2, 0.25) is 0 Å². The normalized spacial score (nSPS) is 15.0. The van der Waals surface area contributed by atoms with Crippen molar-refractivity contribution < 1.29 is 9.50 Å². The highest BCUT2D eigenvalue weighted by atomic mass is 35.5. The Kier molecular flexibility index (Phi) is 4.51. The third kappa shape index (κ3) is 2.91. The van der Waals surface area contributed by atoms with E-state index >= 15 is 0 Å². The third-order valence-corrected chi connectivity index (χ3v) is 2.88. The maximum absolute atomic E-state index is 12.9. The monoisotopic (exact) mass is 231 g/mol. The van der Waals surface area contributed by atoms with Crippen LogP contribution >= 0.6 is 11.6 Å². The quantitative estimate of drug-likeness (QED) is 0.837. The van der Waals surface area contributed by atoms with Crippen molar-refractivity contribution in [2.75, 3.05) is 6.61 Å². The highest BCUT2D eigenvalue weighted by Gasteiger charge is 2.17. The largest absolute Gasteiger partial charge is 0.396 e. The summed E-state index contributed by atoms with van der Waals surface area (Å²) in [6, 6.07) is 4.10. The van der Waals surface area contributed by atoms with Crippen molar-refractivity contribution in [2.45, 2.75) is 19.4 Å². The zero-order valence-corrected chi connectivity index (χ0v) is 9.34. The summed E-state index contributed by atoms with van der Waals surface area (Å²) in [5.74, 6) is -0.476. The van der Waals surface area contributed by atoms with E-state index in [9.17, 15) is 4.39 Å². The van der Waals surface area contributed by atoms with E-state index in [1.165, 1.54) is 12.1 Å². The number of halogens is 2. The van der Waals surface area contributed by atoms with Gasteiger partial charge < -0.3 is 10.8 Å². The highest BCUT2D eigenvalue weighted by Crippen LogP contribution is 2.25. The average Bonchev–Trinajstić information content (AvgIpc) is 2.23. The topological polar surface area (TPSA) is 46.2 Å². The van der Waals surface area contributed by atoms with Crippen LogP contribution in [0.25, 0.3) is 0 Å². The Labute approximate surface area is 93.9 Å². The lowest BCUT2D eigenvalue weighted by Crippen LogP contribution is -2.23. The molecule has 1 aromatic carbocycles. The molecule has 0 amide bonds. The molecule has 0 aliphatic rings. The number of hydrogen-bond donors (Lipinski definition) is 2. The summed E-state index contributed by atoms with van der Waals surface area (Å²) < 4.78 is 12.9. The van der Waals surface area contributed by atoms with Crippen LogP contribution in [0.5, 0.6) is 0 Å². The van der Waals surface area contributed by atoms with Crippen molar-refractivity contribution in [3.8, 4) is 0 Å². The Morgan fingerprint density at radius 1 is 1.53 bits per heavy atom. The molecule has 0 saturated carbocycles. The van der Waals surface area contributed by atoms with Crippen LogP contribution in [-0.4, -0.2) is 11.7 Å². The zero-order chi connectivity index (χ0) is 11.4. The molecule has 84 valence electrons. The molecule has 3 N–H and O–H groups in total. The van der Waals surface area contributed by atoms with Crippen LogP contribution in [0.2, 0.25) is 5.02 Å². The van der Waals surface area contributed by atoms with Crippen LogP contribution in [-0.2, 0) is 0 Å². The van der Waals surface area contributed by atoms with Gasteiger partial charge in [-0.15, -0.1) is 0 Å². The molecule has 0 aliphatic heterocycles. The van der Waals surface area contributed by atoms with Crippen LogP contribution in [0.1, 0.15) is 24.9 Å². The Hall–Kier alpha value is -0.640. The lowest BCUT2D eigenvalue weighted by atomic mass is 9.92. The summed E-state index contributed by atoms with van der Waals surface area (Å²) in [6.07, 6.45) is 0.770. The first-order chi connectivity index (χ1) is 7.10. The van der Waals surface area contributed by atoms with Gasteiger partial charge in [0.1, 0.15) is 5.82 Å². The smallest absolute Gasteiger partial charge is 0.141 e. The van der Waals surface area contributed by atoms with Crippen molar-refractivity contribution >= 4 is 11.6 Å². The van der Waals surface area contributed by atoms with Gasteiger partial charge in [0.25, 0.3) is 0 Å². The van der Waals surface area contributed by atoms with Gasteiger partial charge in [-0.2, -0.15) is 0 Å². The fourth-order valence-corrected chi connectivity index (χ4v) is 1.68. The van der Waals surface area contributed by atoms with E-state index in [0.717, 1.165) is 12.0 Å². The van der Waals surface area contributed by atoms with Gasteiger partial charge in [0, 0.05) is 18.6 Å². The molecule has 15 heavy (non-hydrogen) atoms. The van der Waals surface area contributed by atoms with Crippen molar-refractivity contribution in [3.63, 3.8) is 0 Å². The van der Waals surface area contributed by atoms with E-state index in [1.807, 2.05) is 6.92 Å². The molecule has 4 heteroatoms. The summed E-state index contributed by atoms with van der Waals surface area (Å²) in [7, 11) is 0. The minimum absolute atomic E-state index is 0.0205. The number of aliphatic hydroxyl groups excluding tert-OH is 1. The maximum Gasteiger partial charge on any atom is 0.141 e. The van der Waals surface area contributed by atoms with Gasteiger partial charge in [-0.1, -0.05) is 24.6 Å². The summed E-state index contributed by atoms with van der Waals surface area (Å²) in [5, 5.41) is 9.16. The number of benzene rings is 1. The molecule has 0 spiro atoms. The van der Waals surface area contributed by atoms with Crippen molar-refractivity contribution in [2.24, 2.45) is 11.7 Å². The molecule has 0 saturated heterocycles. The molecule has 0 aromatic heterocycles. The number of hydrogen-bond acceptors (Lipinski definition) is 2. The Morgan fingerprint density at radius 3 is 2.67 bits per heavy atom. The standard InChI is InChI=1S/C11H15ClFNO/c1-2-7(6-15)11(14)8-3-4-10(13)9(12)5-8/h3-5,7,11,15H,2,6,14H2,1H3. The first kappa shape index (κ1) is 12.4. The number of nitrogens with two attached hydrogens (primary N) is 1. The molecular formula is C11H15ClFNO. The zero-order valence-electron chi connectivity index (χ0n) is 8.58. The molecule has 0 aliphatic carbocycles. The van der Waals surface area contributed by atoms with Gasteiger partial charge in [0.05, 0.1) is 5.02 Å². The van der Waals surface area contributed by atoms with Gasteiger partial charge >= 0.3 is 0 Å². The first-order valence-electron chi connectivity index (χ1n) is 4.91. The summed E-state index contributed by atoms with van der Waals surface area (Å²) >= 11 is 5.66. The Morgan fingerprint density at radius 2 is 2.20 bits per heavy atom. The van der Waals surface area contributed by atoms with Gasteiger partial charge in [-0.25, -0.2) is 4.39 Å². The lowest BCUT2D eigenvalue weighted by Gasteiger charge is -2.20. The van der Waals surface area contributed by atoms with Crippen LogP contribution in [0.3, 0.4) is 0 Å². The Balaban J connectivity index is 2.90. The van der Waals surface area contributed by atoms with Crippen LogP contribution < -0.4 is 5.73 Å². The fraction of sp³-hybridized carbons (Fsp3) is 0.455. The summed E-state index contributed by atoms with van der Waals surface area (Å²) in [6.45, 7) is 1.97. The Bertz CT molecular complexity index is 328. The summed E-state index contributed by atoms with van der Waals surface area (Å²) in [4.78, 5) is 0. The van der Waals surface area contributed by atoms with E-state index in [-0.39, 0.29) is 23.6 Å². The second-order valence-corrected chi connectivity index (χ2v) is 3.96. The second-order valence-electron chi connectivity index (χ2n) is 3.55. The van der Waals surface area contributed by atoms with E-state index in [4.69, 9.17) is 22.4 Å². The van der Waals surface area contributed by atoms with Crippen molar-refractivity contribution in [1.29, 1.82) is 0 Å². The molecule has 0 radical (unpaired) electrons. The van der Waals surface area contributed by atoms with Crippen molar-refractivity contribution in [3.05, 3.63) is 34.6 Å². The van der Waals surface area contributed by atoms with E-state index < -0.39 is 5.82 Å². The highest BCUT2D eigenvalue weighted by molar-refractivity contribution is 6.30. The van der Waals surface area contributed by atoms with Crippen LogP contribution in [0.15, 0.2) is 18.2 Å².